The Morgan fingerprint density at radius 1 is 1.24 bits per heavy atom. The van der Waals surface area contributed by atoms with Crippen LogP contribution in [-0.2, 0) is 19.0 Å². The van der Waals surface area contributed by atoms with Gasteiger partial charge in [0.15, 0.2) is 17.3 Å². The molecule has 1 N–H and O–H groups in total. The van der Waals surface area contributed by atoms with E-state index in [0.29, 0.717) is 31.3 Å². The third-order valence-corrected chi connectivity index (χ3v) is 6.45. The molecule has 3 aliphatic rings. The van der Waals surface area contributed by atoms with Crippen molar-refractivity contribution in [3.63, 3.8) is 0 Å². The lowest BCUT2D eigenvalue weighted by Gasteiger charge is -2.43. The number of nitrogens with zero attached hydrogens (tertiary/aromatic N) is 1. The maximum Gasteiger partial charge on any atom is 0.231 e. The summed E-state index contributed by atoms with van der Waals surface area (Å²) in [6.45, 7) is 17.2. The minimum absolute atomic E-state index is 0.0591. The number of carbonyl (C=O) groups is 1. The topological polar surface area (TPSA) is 78.5 Å². The summed E-state index contributed by atoms with van der Waals surface area (Å²) in [5.41, 5.74) is 1.91. The van der Waals surface area contributed by atoms with E-state index >= 15 is 0 Å². The van der Waals surface area contributed by atoms with Crippen molar-refractivity contribution in [2.24, 2.45) is 5.92 Å². The van der Waals surface area contributed by atoms with Gasteiger partial charge in [0.2, 0.25) is 12.7 Å². The summed E-state index contributed by atoms with van der Waals surface area (Å²) < 4.78 is 29.6. The van der Waals surface area contributed by atoms with E-state index in [4.69, 9.17) is 23.7 Å². The number of anilines is 1. The van der Waals surface area contributed by atoms with Gasteiger partial charge in [-0.05, 0) is 25.8 Å². The lowest BCUT2D eigenvalue weighted by molar-refractivity contribution is -0.148. The predicted molar refractivity (Wildman–Crippen MR) is 129 cm³/mol. The van der Waals surface area contributed by atoms with Crippen molar-refractivity contribution in [1.82, 2.24) is 5.32 Å². The van der Waals surface area contributed by atoms with Crippen LogP contribution in [0, 0.1) is 5.92 Å². The predicted octanol–water partition coefficient (Wildman–Crippen LogP) is 3.72. The first-order valence-electron chi connectivity index (χ1n) is 11.9. The Morgan fingerprint density at radius 3 is 2.65 bits per heavy atom. The molecule has 8 nitrogen and oxygen atoms in total. The highest BCUT2D eigenvalue weighted by molar-refractivity contribution is 5.78. The average molecular weight is 473 g/mol. The second-order valence-electron chi connectivity index (χ2n) is 9.74. The van der Waals surface area contributed by atoms with Crippen molar-refractivity contribution >= 4 is 11.6 Å². The van der Waals surface area contributed by atoms with Gasteiger partial charge in [-0.3, -0.25) is 4.79 Å². The molecule has 4 atom stereocenters. The van der Waals surface area contributed by atoms with Crippen LogP contribution in [0.2, 0.25) is 0 Å². The van der Waals surface area contributed by atoms with Crippen LogP contribution in [0.25, 0.3) is 0 Å². The average Bonchev–Trinajstić information content (AvgIpc) is 3.37. The molecule has 1 saturated heterocycles. The standard InChI is InChI=1S/C26H36N2O6/c1-7-9-28-19-12-22-21(31-15-32-22)11-17(19)24-25(34-26(5,6)33-24)20(28)13-23(29)27-18(16(3)4)14-30-10-8-2/h7-8,11-12,16,18,20,24-25H,1-2,9-10,13-15H2,3-6H3,(H,27,29)/t18-,20+,24+,25+/m1/s1. The molecule has 8 heteroatoms. The molecule has 3 heterocycles. The van der Waals surface area contributed by atoms with E-state index in [1.165, 1.54) is 0 Å². The van der Waals surface area contributed by atoms with Crippen molar-refractivity contribution in [1.29, 1.82) is 0 Å². The quantitative estimate of drug-likeness (QED) is 0.411. The van der Waals surface area contributed by atoms with Gasteiger partial charge in [0.05, 0.1) is 25.3 Å². The van der Waals surface area contributed by atoms with Crippen molar-refractivity contribution < 1.29 is 28.5 Å². The lowest BCUT2D eigenvalue weighted by Crippen LogP contribution is -2.53. The van der Waals surface area contributed by atoms with Crippen molar-refractivity contribution in [2.45, 2.75) is 64.2 Å². The normalized spacial score (nSPS) is 25.0. The summed E-state index contributed by atoms with van der Waals surface area (Å²) >= 11 is 0. The first kappa shape index (κ1) is 24.6. The molecule has 1 aromatic carbocycles. The van der Waals surface area contributed by atoms with Crippen molar-refractivity contribution in [2.75, 3.05) is 31.5 Å². The largest absolute Gasteiger partial charge is 0.454 e. The molecule has 0 radical (unpaired) electrons. The molecule has 1 fully saturated rings. The Balaban J connectivity index is 1.62. The smallest absolute Gasteiger partial charge is 0.231 e. The van der Waals surface area contributed by atoms with Crippen LogP contribution in [-0.4, -0.2) is 56.4 Å². The molecule has 1 amide bonds. The molecule has 0 aliphatic carbocycles. The zero-order valence-electron chi connectivity index (χ0n) is 20.5. The Bertz CT molecular complexity index is 930. The molecular formula is C26H36N2O6. The van der Waals surface area contributed by atoms with Crippen LogP contribution in [0.1, 0.15) is 45.8 Å². The first-order valence-corrected chi connectivity index (χ1v) is 11.9. The number of rotatable bonds is 10. The van der Waals surface area contributed by atoms with E-state index in [2.05, 4.69) is 37.2 Å². The highest BCUT2D eigenvalue weighted by Gasteiger charge is 2.52. The van der Waals surface area contributed by atoms with Gasteiger partial charge in [0.25, 0.3) is 0 Å². The van der Waals surface area contributed by atoms with Crippen molar-refractivity contribution in [3.8, 4) is 11.5 Å². The van der Waals surface area contributed by atoms with Gasteiger partial charge >= 0.3 is 0 Å². The molecule has 186 valence electrons. The van der Waals surface area contributed by atoms with Gasteiger partial charge < -0.3 is 33.9 Å². The Hall–Kier alpha value is -2.55. The molecule has 1 aromatic rings. The fraction of sp³-hybridized carbons (Fsp3) is 0.577. The van der Waals surface area contributed by atoms with Crippen LogP contribution < -0.4 is 19.7 Å². The van der Waals surface area contributed by atoms with E-state index in [-0.39, 0.29) is 49.3 Å². The molecule has 4 rings (SSSR count). The van der Waals surface area contributed by atoms with E-state index < -0.39 is 5.79 Å². The van der Waals surface area contributed by atoms with E-state index in [9.17, 15) is 4.79 Å². The zero-order valence-corrected chi connectivity index (χ0v) is 20.5. The highest BCUT2D eigenvalue weighted by Crippen LogP contribution is 2.52. The Kier molecular flexibility index (Phi) is 7.21. The van der Waals surface area contributed by atoms with Crippen LogP contribution in [0.3, 0.4) is 0 Å². The SMILES string of the molecule is C=CCOC[C@@H](NC(=O)C[C@H]1[C@@H]2OC(C)(C)O[C@H]2c2cc3c(cc2N1CC=C)OCO3)C(C)C. The summed E-state index contributed by atoms with van der Waals surface area (Å²) in [4.78, 5) is 15.4. The van der Waals surface area contributed by atoms with Gasteiger partial charge in [0, 0.05) is 30.3 Å². The van der Waals surface area contributed by atoms with Gasteiger partial charge in [-0.25, -0.2) is 0 Å². The third kappa shape index (κ3) is 4.94. The van der Waals surface area contributed by atoms with Crippen LogP contribution in [0.15, 0.2) is 37.4 Å². The van der Waals surface area contributed by atoms with Crippen LogP contribution in [0.4, 0.5) is 5.69 Å². The van der Waals surface area contributed by atoms with Gasteiger partial charge in [-0.15, -0.1) is 13.2 Å². The number of hydrogen-bond acceptors (Lipinski definition) is 7. The molecule has 0 unspecified atom stereocenters. The molecule has 3 aliphatic heterocycles. The number of nitrogens with one attached hydrogen (secondary N) is 1. The van der Waals surface area contributed by atoms with Crippen LogP contribution >= 0.6 is 0 Å². The Labute approximate surface area is 201 Å². The summed E-state index contributed by atoms with van der Waals surface area (Å²) in [6, 6.07) is 3.59. The monoisotopic (exact) mass is 472 g/mol. The number of benzene rings is 1. The maximum atomic E-state index is 13.3. The van der Waals surface area contributed by atoms with E-state index in [0.717, 1.165) is 11.3 Å². The number of carbonyl (C=O) groups excluding carboxylic acids is 1. The summed E-state index contributed by atoms with van der Waals surface area (Å²) in [5, 5.41) is 3.16. The fourth-order valence-electron chi connectivity index (χ4n) is 4.82. The fourth-order valence-corrected chi connectivity index (χ4v) is 4.82. The van der Waals surface area contributed by atoms with E-state index in [1.807, 2.05) is 32.1 Å². The van der Waals surface area contributed by atoms with E-state index in [1.54, 1.807) is 6.08 Å². The molecule has 0 bridgehead atoms. The second kappa shape index (κ2) is 9.98. The second-order valence-corrected chi connectivity index (χ2v) is 9.74. The maximum absolute atomic E-state index is 13.3. The minimum Gasteiger partial charge on any atom is -0.454 e. The van der Waals surface area contributed by atoms with Crippen molar-refractivity contribution in [3.05, 3.63) is 43.0 Å². The zero-order chi connectivity index (χ0) is 24.5. The molecule has 0 aromatic heterocycles. The molecule has 34 heavy (non-hydrogen) atoms. The van der Waals surface area contributed by atoms with Gasteiger partial charge in [-0.2, -0.15) is 0 Å². The number of hydrogen-bond donors (Lipinski definition) is 1. The molecule has 0 spiro atoms. The lowest BCUT2D eigenvalue weighted by atomic mass is 9.88. The molecule has 0 saturated carbocycles. The van der Waals surface area contributed by atoms with Gasteiger partial charge in [0.1, 0.15) is 12.2 Å². The van der Waals surface area contributed by atoms with Crippen LogP contribution in [0.5, 0.6) is 11.5 Å². The minimum atomic E-state index is -0.777. The Morgan fingerprint density at radius 2 is 1.97 bits per heavy atom. The number of ether oxygens (including phenoxy) is 5. The summed E-state index contributed by atoms with van der Waals surface area (Å²) in [5.74, 6) is 0.770. The molecular weight excluding hydrogens is 436 g/mol. The third-order valence-electron chi connectivity index (χ3n) is 6.45. The first-order chi connectivity index (χ1) is 16.2. The highest BCUT2D eigenvalue weighted by atomic mass is 16.8. The number of amides is 1. The number of fused-ring (bicyclic) bond motifs is 4. The summed E-state index contributed by atoms with van der Waals surface area (Å²) in [7, 11) is 0. The summed E-state index contributed by atoms with van der Waals surface area (Å²) in [6.07, 6.45) is 3.13. The van der Waals surface area contributed by atoms with Gasteiger partial charge in [-0.1, -0.05) is 26.0 Å².